The van der Waals surface area contributed by atoms with E-state index >= 15 is 0 Å². The van der Waals surface area contributed by atoms with Gasteiger partial charge < -0.3 is 15.0 Å². The average Bonchev–Trinajstić information content (AvgIpc) is 2.34. The van der Waals surface area contributed by atoms with Crippen molar-refractivity contribution < 1.29 is 9.53 Å². The minimum atomic E-state index is 0.107. The van der Waals surface area contributed by atoms with Gasteiger partial charge in [-0.15, -0.1) is 0 Å². The number of carbonyl (C=O) groups is 1. The highest BCUT2D eigenvalue weighted by molar-refractivity contribution is 5.78. The van der Waals surface area contributed by atoms with Crippen LogP contribution < -0.4 is 5.32 Å². The maximum absolute atomic E-state index is 11.9. The molecule has 4 heteroatoms. The maximum atomic E-state index is 11.9. The highest BCUT2D eigenvalue weighted by Crippen LogP contribution is 2.21. The first-order valence-corrected chi connectivity index (χ1v) is 6.46. The van der Waals surface area contributed by atoms with Crippen molar-refractivity contribution in [3.8, 4) is 0 Å². The van der Waals surface area contributed by atoms with Crippen LogP contribution in [-0.2, 0) is 9.53 Å². The second kappa shape index (κ2) is 8.48. The zero-order chi connectivity index (χ0) is 13.4. The molecule has 0 heterocycles. The Hall–Kier alpha value is -0.610. The zero-order valence-electron chi connectivity index (χ0n) is 12.1. The molecule has 3 atom stereocenters. The van der Waals surface area contributed by atoms with Gasteiger partial charge in [-0.1, -0.05) is 27.2 Å². The van der Waals surface area contributed by atoms with Crippen molar-refractivity contribution >= 4 is 5.91 Å². The summed E-state index contributed by atoms with van der Waals surface area (Å²) in [5.41, 5.74) is 0. The summed E-state index contributed by atoms with van der Waals surface area (Å²) in [5, 5.41) is 2.90. The smallest absolute Gasteiger partial charge is 0.236 e. The van der Waals surface area contributed by atoms with Crippen molar-refractivity contribution in [2.24, 2.45) is 5.92 Å². The molecule has 3 unspecified atom stereocenters. The number of hydrogen-bond donors (Lipinski definition) is 1. The van der Waals surface area contributed by atoms with Gasteiger partial charge in [-0.2, -0.15) is 0 Å². The van der Waals surface area contributed by atoms with Gasteiger partial charge in [0.1, 0.15) is 0 Å². The Labute approximate surface area is 106 Å². The van der Waals surface area contributed by atoms with Crippen LogP contribution in [0.4, 0.5) is 0 Å². The summed E-state index contributed by atoms with van der Waals surface area (Å²) in [4.78, 5) is 13.8. The van der Waals surface area contributed by atoms with Gasteiger partial charge in [0.25, 0.3) is 0 Å². The Morgan fingerprint density at radius 1 is 1.35 bits per heavy atom. The Balaban J connectivity index is 4.83. The van der Waals surface area contributed by atoms with E-state index in [2.05, 4.69) is 26.1 Å². The quantitative estimate of drug-likeness (QED) is 0.703. The molecule has 0 aromatic heterocycles. The summed E-state index contributed by atoms with van der Waals surface area (Å²) in [5.74, 6) is 0.555. The number of likely N-dealkylation sites (N-methyl/N-ethyl adjacent to an activating group) is 2. The van der Waals surface area contributed by atoms with Gasteiger partial charge in [0.05, 0.1) is 18.7 Å². The van der Waals surface area contributed by atoms with Crippen molar-refractivity contribution in [1.82, 2.24) is 10.2 Å². The Morgan fingerprint density at radius 3 is 2.29 bits per heavy atom. The maximum Gasteiger partial charge on any atom is 0.236 e. The van der Waals surface area contributed by atoms with Crippen LogP contribution in [0.1, 0.15) is 33.6 Å². The molecule has 0 aliphatic heterocycles. The summed E-state index contributed by atoms with van der Waals surface area (Å²) >= 11 is 0. The van der Waals surface area contributed by atoms with E-state index in [1.165, 1.54) is 0 Å². The average molecular weight is 244 g/mol. The number of ether oxygens (including phenoxy) is 1. The molecule has 0 saturated carbocycles. The predicted molar refractivity (Wildman–Crippen MR) is 71.0 cm³/mol. The van der Waals surface area contributed by atoms with Gasteiger partial charge in [-0.3, -0.25) is 4.79 Å². The van der Waals surface area contributed by atoms with E-state index in [1.807, 2.05) is 11.9 Å². The van der Waals surface area contributed by atoms with Crippen LogP contribution in [0.5, 0.6) is 0 Å². The number of hydrogen-bond acceptors (Lipinski definition) is 3. The number of rotatable bonds is 8. The number of methoxy groups -OCH3 is 1. The predicted octanol–water partition coefficient (Wildman–Crippen LogP) is 1.50. The first-order valence-electron chi connectivity index (χ1n) is 6.46. The highest BCUT2D eigenvalue weighted by atomic mass is 16.5. The van der Waals surface area contributed by atoms with E-state index < -0.39 is 0 Å². The molecule has 1 amide bonds. The minimum absolute atomic E-state index is 0.107. The van der Waals surface area contributed by atoms with Crippen LogP contribution in [0.2, 0.25) is 0 Å². The lowest BCUT2D eigenvalue weighted by molar-refractivity contribution is -0.135. The van der Waals surface area contributed by atoms with Crippen molar-refractivity contribution in [2.75, 3.05) is 27.7 Å². The van der Waals surface area contributed by atoms with Crippen molar-refractivity contribution in [3.05, 3.63) is 0 Å². The first-order chi connectivity index (χ1) is 8.03. The molecule has 0 aliphatic carbocycles. The summed E-state index contributed by atoms with van der Waals surface area (Å²) in [6.07, 6.45) is 2.07. The van der Waals surface area contributed by atoms with Gasteiger partial charge >= 0.3 is 0 Å². The molecule has 0 rings (SSSR count). The van der Waals surface area contributed by atoms with Crippen molar-refractivity contribution in [1.29, 1.82) is 0 Å². The molecular weight excluding hydrogens is 216 g/mol. The molecule has 0 saturated heterocycles. The van der Waals surface area contributed by atoms with E-state index in [0.717, 1.165) is 12.8 Å². The molecule has 0 aromatic rings. The van der Waals surface area contributed by atoms with E-state index in [1.54, 1.807) is 14.2 Å². The normalized spacial score (nSPS) is 16.4. The highest BCUT2D eigenvalue weighted by Gasteiger charge is 2.30. The Kier molecular flexibility index (Phi) is 8.17. The largest absolute Gasteiger partial charge is 0.379 e. The van der Waals surface area contributed by atoms with E-state index in [-0.39, 0.29) is 18.1 Å². The third-order valence-corrected chi connectivity index (χ3v) is 3.48. The third-order valence-electron chi connectivity index (χ3n) is 3.48. The van der Waals surface area contributed by atoms with Crippen LogP contribution in [-0.4, -0.2) is 50.7 Å². The van der Waals surface area contributed by atoms with Crippen LogP contribution >= 0.6 is 0 Å². The molecule has 4 nitrogen and oxygen atoms in total. The zero-order valence-corrected chi connectivity index (χ0v) is 12.1. The monoisotopic (exact) mass is 244 g/mol. The van der Waals surface area contributed by atoms with Gasteiger partial charge in [-0.05, 0) is 19.4 Å². The van der Waals surface area contributed by atoms with Gasteiger partial charge in [-0.25, -0.2) is 0 Å². The Bertz CT molecular complexity index is 217. The fourth-order valence-electron chi connectivity index (χ4n) is 2.23. The molecule has 0 bridgehead atoms. The molecule has 17 heavy (non-hydrogen) atoms. The van der Waals surface area contributed by atoms with E-state index in [0.29, 0.717) is 12.5 Å². The molecule has 0 fully saturated rings. The van der Waals surface area contributed by atoms with E-state index in [9.17, 15) is 4.79 Å². The molecule has 0 radical (unpaired) electrons. The third kappa shape index (κ3) is 4.64. The molecular formula is C13H28N2O2. The van der Waals surface area contributed by atoms with Gasteiger partial charge in [0.2, 0.25) is 5.91 Å². The molecule has 0 spiro atoms. The number of nitrogens with one attached hydrogen (secondary N) is 1. The van der Waals surface area contributed by atoms with Crippen molar-refractivity contribution in [3.63, 3.8) is 0 Å². The lowest BCUT2D eigenvalue weighted by Crippen LogP contribution is -2.50. The fourth-order valence-corrected chi connectivity index (χ4v) is 2.23. The fraction of sp³-hybridized carbons (Fsp3) is 0.923. The van der Waals surface area contributed by atoms with E-state index in [4.69, 9.17) is 4.74 Å². The minimum Gasteiger partial charge on any atom is -0.379 e. The van der Waals surface area contributed by atoms with Crippen LogP contribution in [0.15, 0.2) is 0 Å². The summed E-state index contributed by atoms with van der Waals surface area (Å²) in [7, 11) is 5.38. The van der Waals surface area contributed by atoms with Crippen LogP contribution in [0, 0.1) is 5.92 Å². The second-order valence-electron chi connectivity index (χ2n) is 4.59. The molecule has 0 aliphatic rings. The number of carbonyl (C=O) groups excluding carboxylic acids is 1. The molecule has 102 valence electrons. The SMILES string of the molecule is CCC(C)C(C(CC)OC)N(C)C(=O)CNC. The topological polar surface area (TPSA) is 41.6 Å². The van der Waals surface area contributed by atoms with Gasteiger partial charge in [0, 0.05) is 14.2 Å². The number of nitrogens with zero attached hydrogens (tertiary/aromatic N) is 1. The lowest BCUT2D eigenvalue weighted by Gasteiger charge is -2.37. The number of amides is 1. The standard InChI is InChI=1S/C13H28N2O2/c1-7-10(3)13(11(8-2)17-6)15(5)12(16)9-14-4/h10-11,13-14H,7-9H2,1-6H3. The van der Waals surface area contributed by atoms with Crippen LogP contribution in [0.25, 0.3) is 0 Å². The first kappa shape index (κ1) is 16.4. The Morgan fingerprint density at radius 2 is 1.94 bits per heavy atom. The lowest BCUT2D eigenvalue weighted by atomic mass is 9.91. The van der Waals surface area contributed by atoms with Crippen LogP contribution in [0.3, 0.4) is 0 Å². The summed E-state index contributed by atoms with van der Waals surface area (Å²) < 4.78 is 5.52. The molecule has 1 N–H and O–H groups in total. The van der Waals surface area contributed by atoms with Crippen molar-refractivity contribution in [2.45, 2.75) is 45.8 Å². The second-order valence-corrected chi connectivity index (χ2v) is 4.59. The molecule has 0 aromatic carbocycles. The summed E-state index contributed by atoms with van der Waals surface area (Å²) in [6, 6.07) is 0.149. The van der Waals surface area contributed by atoms with Gasteiger partial charge in [0.15, 0.2) is 0 Å². The summed E-state index contributed by atoms with van der Waals surface area (Å²) in [6.45, 7) is 6.80.